The molecule has 13 heavy (non-hydrogen) atoms. The zero-order valence-electron chi connectivity index (χ0n) is 7.30. The van der Waals surface area contributed by atoms with Gasteiger partial charge in [-0.15, -0.1) is 0 Å². The Hall–Kier alpha value is -0.240. The lowest BCUT2D eigenvalue weighted by atomic mass is 10.4. The molecular weight excluding hydrogens is 207 g/mol. The molecule has 1 aromatic rings. The van der Waals surface area contributed by atoms with Crippen molar-refractivity contribution in [3.8, 4) is 0 Å². The van der Waals surface area contributed by atoms with Gasteiger partial charge in [0.1, 0.15) is 0 Å². The van der Waals surface area contributed by atoms with Gasteiger partial charge >= 0.3 is 0 Å². The standard InChI is InChI=1S/C6H4Cl2.C4H8O/c7-5-1-2-6(8)4-3-5;1-2-4-5-3-1/h1-4H;1-4H2. The first kappa shape index (κ1) is 10.8. The van der Waals surface area contributed by atoms with Gasteiger partial charge in [0, 0.05) is 23.3 Å². The van der Waals surface area contributed by atoms with Gasteiger partial charge in [0.05, 0.1) is 0 Å². The van der Waals surface area contributed by atoms with E-state index >= 15 is 0 Å². The molecule has 1 aliphatic heterocycles. The van der Waals surface area contributed by atoms with E-state index in [1.807, 2.05) is 0 Å². The minimum atomic E-state index is 0.717. The van der Waals surface area contributed by atoms with Gasteiger partial charge in [0.15, 0.2) is 0 Å². The van der Waals surface area contributed by atoms with E-state index in [9.17, 15) is 0 Å². The highest BCUT2D eigenvalue weighted by atomic mass is 35.5. The predicted octanol–water partition coefficient (Wildman–Crippen LogP) is 3.79. The average Bonchev–Trinajstić information content (AvgIpc) is 2.68. The number of ether oxygens (including phenoxy) is 1. The van der Waals surface area contributed by atoms with E-state index in [-0.39, 0.29) is 0 Å². The highest BCUT2D eigenvalue weighted by molar-refractivity contribution is 6.32. The number of hydrogen-bond donors (Lipinski definition) is 0. The van der Waals surface area contributed by atoms with Gasteiger partial charge in [-0.2, -0.15) is 0 Å². The van der Waals surface area contributed by atoms with Crippen LogP contribution in [0.15, 0.2) is 24.3 Å². The van der Waals surface area contributed by atoms with E-state index < -0.39 is 0 Å². The molecule has 1 saturated heterocycles. The third kappa shape index (κ3) is 5.14. The highest BCUT2D eigenvalue weighted by Gasteiger charge is 1.94. The summed E-state index contributed by atoms with van der Waals surface area (Å²) in [5.41, 5.74) is 0. The summed E-state index contributed by atoms with van der Waals surface area (Å²) >= 11 is 11.1. The van der Waals surface area contributed by atoms with Gasteiger partial charge in [-0.3, -0.25) is 0 Å². The Morgan fingerprint density at radius 1 is 0.846 bits per heavy atom. The first-order valence-corrected chi connectivity index (χ1v) is 5.03. The molecule has 0 saturated carbocycles. The molecule has 0 radical (unpaired) electrons. The minimum absolute atomic E-state index is 0.717. The number of halogens is 2. The van der Waals surface area contributed by atoms with Gasteiger partial charge in [0.25, 0.3) is 0 Å². The minimum Gasteiger partial charge on any atom is -0.381 e. The maximum atomic E-state index is 5.55. The molecule has 1 aromatic carbocycles. The van der Waals surface area contributed by atoms with Crippen molar-refractivity contribution >= 4 is 23.2 Å². The molecule has 72 valence electrons. The van der Waals surface area contributed by atoms with Crippen molar-refractivity contribution in [1.29, 1.82) is 0 Å². The fourth-order valence-corrected chi connectivity index (χ4v) is 1.19. The summed E-state index contributed by atoms with van der Waals surface area (Å²) in [6, 6.07) is 7.02. The van der Waals surface area contributed by atoms with Crippen LogP contribution >= 0.6 is 23.2 Å². The van der Waals surface area contributed by atoms with Crippen LogP contribution in [-0.2, 0) is 4.74 Å². The molecule has 3 heteroatoms. The molecule has 0 unspecified atom stereocenters. The van der Waals surface area contributed by atoms with Crippen LogP contribution in [0.1, 0.15) is 12.8 Å². The SMILES string of the molecule is C1CCOC1.Clc1ccc(Cl)cc1. The quantitative estimate of drug-likeness (QED) is 0.644. The lowest BCUT2D eigenvalue weighted by Crippen LogP contribution is -1.74. The maximum absolute atomic E-state index is 5.55. The van der Waals surface area contributed by atoms with Gasteiger partial charge < -0.3 is 4.74 Å². The Kier molecular flexibility index (Phi) is 5.21. The predicted molar refractivity (Wildman–Crippen MR) is 56.5 cm³/mol. The van der Waals surface area contributed by atoms with Gasteiger partial charge in [-0.1, -0.05) is 23.2 Å². The summed E-state index contributed by atoms with van der Waals surface area (Å²) in [4.78, 5) is 0. The van der Waals surface area contributed by atoms with E-state index in [4.69, 9.17) is 27.9 Å². The molecule has 1 fully saturated rings. The molecule has 1 aliphatic rings. The molecule has 0 bridgehead atoms. The summed E-state index contributed by atoms with van der Waals surface area (Å²) in [6.07, 6.45) is 2.56. The van der Waals surface area contributed by atoms with E-state index in [0.717, 1.165) is 23.3 Å². The van der Waals surface area contributed by atoms with Crippen molar-refractivity contribution < 1.29 is 4.74 Å². The largest absolute Gasteiger partial charge is 0.381 e. The Labute approximate surface area is 88.6 Å². The zero-order chi connectivity index (χ0) is 9.52. The van der Waals surface area contributed by atoms with Crippen molar-refractivity contribution in [1.82, 2.24) is 0 Å². The molecular formula is C10H12Cl2O. The highest BCUT2D eigenvalue weighted by Crippen LogP contribution is 2.12. The van der Waals surface area contributed by atoms with Gasteiger partial charge in [-0.25, -0.2) is 0 Å². The number of hydrogen-bond acceptors (Lipinski definition) is 1. The molecule has 2 rings (SSSR count). The molecule has 0 atom stereocenters. The molecule has 1 nitrogen and oxygen atoms in total. The molecule has 0 aliphatic carbocycles. The molecule has 0 N–H and O–H groups in total. The van der Waals surface area contributed by atoms with E-state index in [1.165, 1.54) is 12.8 Å². The van der Waals surface area contributed by atoms with Crippen LogP contribution < -0.4 is 0 Å². The third-order valence-corrected chi connectivity index (χ3v) is 2.13. The lowest BCUT2D eigenvalue weighted by molar-refractivity contribution is 0.198. The average molecular weight is 219 g/mol. The zero-order valence-corrected chi connectivity index (χ0v) is 8.81. The number of benzene rings is 1. The fraction of sp³-hybridized carbons (Fsp3) is 0.400. The summed E-state index contributed by atoms with van der Waals surface area (Å²) in [5, 5.41) is 1.43. The molecule has 0 spiro atoms. The van der Waals surface area contributed by atoms with Crippen LogP contribution in [0.5, 0.6) is 0 Å². The van der Waals surface area contributed by atoms with Gasteiger partial charge in [-0.05, 0) is 37.1 Å². The Bertz CT molecular complexity index is 201. The van der Waals surface area contributed by atoms with Crippen molar-refractivity contribution in [2.24, 2.45) is 0 Å². The van der Waals surface area contributed by atoms with E-state index in [0.29, 0.717) is 0 Å². The second-order valence-electron chi connectivity index (χ2n) is 2.76. The fourth-order valence-electron chi connectivity index (χ4n) is 0.940. The monoisotopic (exact) mass is 218 g/mol. The second kappa shape index (κ2) is 6.25. The second-order valence-corrected chi connectivity index (χ2v) is 3.63. The Balaban J connectivity index is 0.000000145. The summed E-state index contributed by atoms with van der Waals surface area (Å²) in [6.45, 7) is 2.00. The number of rotatable bonds is 0. The van der Waals surface area contributed by atoms with Crippen molar-refractivity contribution in [2.75, 3.05) is 13.2 Å². The van der Waals surface area contributed by atoms with Crippen LogP contribution in [0.3, 0.4) is 0 Å². The topological polar surface area (TPSA) is 9.23 Å². The molecule has 1 heterocycles. The van der Waals surface area contributed by atoms with Crippen LogP contribution in [0.2, 0.25) is 10.0 Å². The molecule has 0 aromatic heterocycles. The maximum Gasteiger partial charge on any atom is 0.0466 e. The Morgan fingerprint density at radius 2 is 1.23 bits per heavy atom. The third-order valence-electron chi connectivity index (χ3n) is 1.63. The van der Waals surface area contributed by atoms with Crippen LogP contribution in [-0.4, -0.2) is 13.2 Å². The van der Waals surface area contributed by atoms with Crippen molar-refractivity contribution in [3.63, 3.8) is 0 Å². The van der Waals surface area contributed by atoms with E-state index in [1.54, 1.807) is 24.3 Å². The summed E-state index contributed by atoms with van der Waals surface area (Å²) in [5.74, 6) is 0. The lowest BCUT2D eigenvalue weighted by Gasteiger charge is -1.86. The van der Waals surface area contributed by atoms with Crippen LogP contribution in [0.4, 0.5) is 0 Å². The normalized spacial score (nSPS) is 14.9. The van der Waals surface area contributed by atoms with Crippen molar-refractivity contribution in [3.05, 3.63) is 34.3 Å². The van der Waals surface area contributed by atoms with Crippen LogP contribution in [0.25, 0.3) is 0 Å². The first-order chi connectivity index (χ1) is 6.29. The molecule has 0 amide bonds. The van der Waals surface area contributed by atoms with E-state index in [2.05, 4.69) is 0 Å². The first-order valence-electron chi connectivity index (χ1n) is 4.28. The van der Waals surface area contributed by atoms with Crippen molar-refractivity contribution in [2.45, 2.75) is 12.8 Å². The van der Waals surface area contributed by atoms with Crippen LogP contribution in [0, 0.1) is 0 Å². The van der Waals surface area contributed by atoms with Gasteiger partial charge in [0.2, 0.25) is 0 Å². The smallest absolute Gasteiger partial charge is 0.0466 e. The Morgan fingerprint density at radius 3 is 1.46 bits per heavy atom. The summed E-state index contributed by atoms with van der Waals surface area (Å²) in [7, 11) is 0. The summed E-state index contributed by atoms with van der Waals surface area (Å²) < 4.78 is 4.94.